The first kappa shape index (κ1) is 15.4. The van der Waals surface area contributed by atoms with Crippen LogP contribution in [-0.4, -0.2) is 28.9 Å². The monoisotopic (exact) mass is 315 g/mol. The van der Waals surface area contributed by atoms with E-state index >= 15 is 0 Å². The molecule has 3 rings (SSSR count). The van der Waals surface area contributed by atoms with Crippen molar-refractivity contribution in [2.45, 2.75) is 33.7 Å². The molecule has 1 amide bonds. The van der Waals surface area contributed by atoms with Crippen molar-refractivity contribution in [1.29, 1.82) is 0 Å². The summed E-state index contributed by atoms with van der Waals surface area (Å²) < 4.78 is 13.1. The van der Waals surface area contributed by atoms with Gasteiger partial charge in [-0.1, -0.05) is 13.0 Å². The molecule has 0 spiro atoms. The number of carbonyl (C=O) groups excluding carboxylic acids is 1. The van der Waals surface area contributed by atoms with Crippen LogP contribution < -0.4 is 14.8 Å². The van der Waals surface area contributed by atoms with Gasteiger partial charge in [0.1, 0.15) is 13.2 Å². The highest BCUT2D eigenvalue weighted by atomic mass is 16.6. The predicted molar refractivity (Wildman–Crippen MR) is 87.4 cm³/mol. The van der Waals surface area contributed by atoms with Crippen molar-refractivity contribution in [3.05, 3.63) is 35.2 Å². The third-order valence-corrected chi connectivity index (χ3v) is 3.87. The number of ether oxygens (including phenoxy) is 2. The van der Waals surface area contributed by atoms with Gasteiger partial charge < -0.3 is 14.8 Å². The number of aromatic nitrogens is 2. The average Bonchev–Trinajstić information content (AvgIpc) is 2.82. The molecular weight excluding hydrogens is 294 g/mol. The smallest absolute Gasteiger partial charge is 0.259 e. The first-order valence-electron chi connectivity index (χ1n) is 7.85. The summed E-state index contributed by atoms with van der Waals surface area (Å²) in [5, 5.41) is 7.45. The number of hydrogen-bond donors (Lipinski definition) is 1. The Bertz CT molecular complexity index is 737. The summed E-state index contributed by atoms with van der Waals surface area (Å²) in [7, 11) is 0. The molecule has 2 heterocycles. The molecule has 1 aliphatic heterocycles. The Morgan fingerprint density at radius 2 is 2.09 bits per heavy atom. The second-order valence-corrected chi connectivity index (χ2v) is 5.55. The van der Waals surface area contributed by atoms with Crippen LogP contribution in [0.4, 0.5) is 5.69 Å². The number of hydrogen-bond acceptors (Lipinski definition) is 4. The number of aryl methyl sites for hydroxylation is 2. The summed E-state index contributed by atoms with van der Waals surface area (Å²) in [6.45, 7) is 7.74. The van der Waals surface area contributed by atoms with E-state index < -0.39 is 0 Å². The van der Waals surface area contributed by atoms with Crippen molar-refractivity contribution in [1.82, 2.24) is 9.78 Å². The van der Waals surface area contributed by atoms with Crippen LogP contribution in [0.25, 0.3) is 0 Å². The Morgan fingerprint density at radius 1 is 1.30 bits per heavy atom. The maximum absolute atomic E-state index is 12.7. The van der Waals surface area contributed by atoms with Gasteiger partial charge in [-0.2, -0.15) is 5.10 Å². The fraction of sp³-hybridized carbons (Fsp3) is 0.412. The molecule has 0 aliphatic carbocycles. The lowest BCUT2D eigenvalue weighted by Crippen LogP contribution is -2.20. The van der Waals surface area contributed by atoms with Gasteiger partial charge in [0.2, 0.25) is 0 Å². The van der Waals surface area contributed by atoms with Crippen LogP contribution in [0.3, 0.4) is 0 Å². The molecule has 6 nitrogen and oxygen atoms in total. The molecule has 2 aromatic rings. The van der Waals surface area contributed by atoms with Gasteiger partial charge >= 0.3 is 0 Å². The predicted octanol–water partition coefficient (Wildman–Crippen LogP) is 2.93. The molecule has 1 aromatic heterocycles. The minimum Gasteiger partial charge on any atom is -0.486 e. The van der Waals surface area contributed by atoms with E-state index in [2.05, 4.69) is 17.3 Å². The second kappa shape index (κ2) is 6.32. The summed E-state index contributed by atoms with van der Waals surface area (Å²) in [5.74, 6) is 0.904. The van der Waals surface area contributed by atoms with Crippen LogP contribution in [0.5, 0.6) is 11.5 Å². The Morgan fingerprint density at radius 3 is 2.87 bits per heavy atom. The molecular formula is C17H21N3O3. The highest BCUT2D eigenvalue weighted by molar-refractivity contribution is 6.07. The molecule has 0 radical (unpaired) electrons. The summed E-state index contributed by atoms with van der Waals surface area (Å²) >= 11 is 0. The molecule has 0 unspecified atom stereocenters. The standard InChI is InChI=1S/C17H21N3O3/c1-4-8-20-12(3)15(11(2)19-20)18-17(21)13-6-5-7-14-16(13)23-10-9-22-14/h5-7H,4,8-10H2,1-3H3,(H,18,21). The Balaban J connectivity index is 1.88. The Kier molecular flexibility index (Phi) is 4.23. The van der Waals surface area contributed by atoms with Gasteiger partial charge in [0.25, 0.3) is 5.91 Å². The third kappa shape index (κ3) is 2.88. The number of nitrogens with zero attached hydrogens (tertiary/aromatic N) is 2. The number of benzene rings is 1. The van der Waals surface area contributed by atoms with E-state index in [0.717, 1.165) is 30.0 Å². The van der Waals surface area contributed by atoms with Crippen LogP contribution in [0, 0.1) is 13.8 Å². The molecule has 6 heteroatoms. The van der Waals surface area contributed by atoms with Crippen LogP contribution in [0.1, 0.15) is 35.1 Å². The van der Waals surface area contributed by atoms with Gasteiger partial charge in [-0.25, -0.2) is 0 Å². The number of fused-ring (bicyclic) bond motifs is 1. The number of para-hydroxylation sites is 1. The van der Waals surface area contributed by atoms with Crippen molar-refractivity contribution in [3.8, 4) is 11.5 Å². The number of nitrogens with one attached hydrogen (secondary N) is 1. The quantitative estimate of drug-likeness (QED) is 0.942. The summed E-state index contributed by atoms with van der Waals surface area (Å²) in [4.78, 5) is 12.7. The fourth-order valence-corrected chi connectivity index (χ4v) is 2.74. The lowest BCUT2D eigenvalue weighted by Gasteiger charge is -2.20. The summed E-state index contributed by atoms with van der Waals surface area (Å²) in [6.07, 6.45) is 0.993. The zero-order valence-electron chi connectivity index (χ0n) is 13.7. The first-order valence-corrected chi connectivity index (χ1v) is 7.85. The number of carbonyl (C=O) groups is 1. The van der Waals surface area contributed by atoms with Crippen molar-refractivity contribution in [3.63, 3.8) is 0 Å². The van der Waals surface area contributed by atoms with Crippen molar-refractivity contribution >= 4 is 11.6 Å². The van der Waals surface area contributed by atoms with Crippen LogP contribution in [0.2, 0.25) is 0 Å². The lowest BCUT2D eigenvalue weighted by molar-refractivity contribution is 0.101. The zero-order chi connectivity index (χ0) is 16.4. The van der Waals surface area contributed by atoms with Crippen molar-refractivity contribution in [2.24, 2.45) is 0 Å². The maximum Gasteiger partial charge on any atom is 0.259 e. The third-order valence-electron chi connectivity index (χ3n) is 3.87. The van der Waals surface area contributed by atoms with Gasteiger partial charge in [-0.3, -0.25) is 9.48 Å². The molecule has 23 heavy (non-hydrogen) atoms. The summed E-state index contributed by atoms with van der Waals surface area (Å²) in [6, 6.07) is 5.34. The van der Waals surface area contributed by atoms with E-state index in [-0.39, 0.29) is 5.91 Å². The molecule has 0 saturated carbocycles. The molecule has 1 aromatic carbocycles. The van der Waals surface area contributed by atoms with Crippen LogP contribution in [-0.2, 0) is 6.54 Å². The van der Waals surface area contributed by atoms with Crippen LogP contribution >= 0.6 is 0 Å². The number of rotatable bonds is 4. The summed E-state index contributed by atoms with van der Waals surface area (Å²) in [5.41, 5.74) is 3.01. The minimum atomic E-state index is -0.213. The first-order chi connectivity index (χ1) is 11.1. The van der Waals surface area contributed by atoms with E-state index in [4.69, 9.17) is 9.47 Å². The Labute approximate surface area is 135 Å². The molecule has 0 fully saturated rings. The van der Waals surface area contributed by atoms with Gasteiger partial charge in [0, 0.05) is 6.54 Å². The number of amides is 1. The Hall–Kier alpha value is -2.50. The van der Waals surface area contributed by atoms with E-state index in [1.165, 1.54) is 0 Å². The highest BCUT2D eigenvalue weighted by Crippen LogP contribution is 2.34. The highest BCUT2D eigenvalue weighted by Gasteiger charge is 2.22. The van der Waals surface area contributed by atoms with Gasteiger partial charge in [0.05, 0.1) is 22.6 Å². The fourth-order valence-electron chi connectivity index (χ4n) is 2.74. The minimum absolute atomic E-state index is 0.213. The number of anilines is 1. The zero-order valence-corrected chi connectivity index (χ0v) is 13.7. The normalized spacial score (nSPS) is 13.0. The SMILES string of the molecule is CCCn1nc(C)c(NC(=O)c2cccc3c2OCCO3)c1C. The maximum atomic E-state index is 12.7. The average molecular weight is 315 g/mol. The second-order valence-electron chi connectivity index (χ2n) is 5.55. The van der Waals surface area contributed by atoms with Gasteiger partial charge in [-0.15, -0.1) is 0 Å². The lowest BCUT2D eigenvalue weighted by atomic mass is 10.1. The van der Waals surface area contributed by atoms with E-state index in [0.29, 0.717) is 30.3 Å². The largest absolute Gasteiger partial charge is 0.486 e. The van der Waals surface area contributed by atoms with Gasteiger partial charge in [0.15, 0.2) is 11.5 Å². The van der Waals surface area contributed by atoms with Crippen molar-refractivity contribution < 1.29 is 14.3 Å². The topological polar surface area (TPSA) is 65.4 Å². The van der Waals surface area contributed by atoms with Gasteiger partial charge in [-0.05, 0) is 32.4 Å². The molecule has 1 N–H and O–H groups in total. The van der Waals surface area contributed by atoms with E-state index in [9.17, 15) is 4.79 Å². The molecule has 0 bridgehead atoms. The molecule has 122 valence electrons. The molecule has 0 atom stereocenters. The van der Waals surface area contributed by atoms with Crippen LogP contribution in [0.15, 0.2) is 18.2 Å². The molecule has 1 aliphatic rings. The van der Waals surface area contributed by atoms with Crippen molar-refractivity contribution in [2.75, 3.05) is 18.5 Å². The van der Waals surface area contributed by atoms with E-state index in [1.54, 1.807) is 18.2 Å². The van der Waals surface area contributed by atoms with E-state index in [1.807, 2.05) is 18.5 Å². The molecule has 0 saturated heterocycles.